The Morgan fingerprint density at radius 1 is 1.33 bits per heavy atom. The normalized spacial score (nSPS) is 12.0. The van der Waals surface area contributed by atoms with E-state index in [1.165, 1.54) is 6.92 Å². The van der Waals surface area contributed by atoms with Crippen LogP contribution in [0.2, 0.25) is 0 Å². The van der Waals surface area contributed by atoms with Crippen molar-refractivity contribution in [3.8, 4) is 0 Å². The molecule has 0 aromatic heterocycles. The van der Waals surface area contributed by atoms with Crippen molar-refractivity contribution in [2.75, 3.05) is 6.54 Å². The molecule has 1 atom stereocenters. The lowest BCUT2D eigenvalue weighted by Crippen LogP contribution is -2.37. The predicted molar refractivity (Wildman–Crippen MR) is 59.8 cm³/mol. The number of likely N-dealkylation sites (N-methyl/N-ethyl adjacent to an activating group) is 1. The zero-order valence-electron chi connectivity index (χ0n) is 9.98. The summed E-state index contributed by atoms with van der Waals surface area (Å²) in [6.07, 6.45) is 0. The number of carboxylic acids is 1. The van der Waals surface area contributed by atoms with Crippen molar-refractivity contribution in [2.45, 2.75) is 19.9 Å². The minimum absolute atomic E-state index is 0.0263. The maximum atomic E-state index is 13.1. The Hall–Kier alpha value is -1.98. The number of aliphatic carboxylic acids is 1. The number of halogens is 2. The van der Waals surface area contributed by atoms with Gasteiger partial charge in [0.2, 0.25) is 5.91 Å². The van der Waals surface area contributed by atoms with Crippen molar-refractivity contribution in [2.24, 2.45) is 0 Å². The van der Waals surface area contributed by atoms with Crippen LogP contribution in [0.5, 0.6) is 0 Å². The fraction of sp³-hybridized carbons (Fsp3) is 0.333. The lowest BCUT2D eigenvalue weighted by Gasteiger charge is -2.26. The highest BCUT2D eigenvalue weighted by molar-refractivity contribution is 5.83. The van der Waals surface area contributed by atoms with E-state index >= 15 is 0 Å². The lowest BCUT2D eigenvalue weighted by molar-refractivity contribution is -0.149. The van der Waals surface area contributed by atoms with E-state index in [1.54, 1.807) is 6.92 Å². The van der Waals surface area contributed by atoms with Crippen molar-refractivity contribution in [3.05, 3.63) is 35.4 Å². The van der Waals surface area contributed by atoms with E-state index in [0.717, 1.165) is 23.1 Å². The molecule has 6 heteroatoms. The van der Waals surface area contributed by atoms with Crippen LogP contribution in [0.25, 0.3) is 0 Å². The third-order valence-electron chi connectivity index (χ3n) is 2.55. The zero-order valence-corrected chi connectivity index (χ0v) is 9.98. The van der Waals surface area contributed by atoms with E-state index in [0.29, 0.717) is 0 Å². The summed E-state index contributed by atoms with van der Waals surface area (Å²) >= 11 is 0. The minimum Gasteiger partial charge on any atom is -0.479 e. The Labute approximate surface area is 103 Å². The molecular weight excluding hydrogens is 244 g/mol. The molecule has 1 aromatic rings. The minimum atomic E-state index is -1.32. The SMILES string of the molecule is CCN(C(C)=O)[C@H](C(=O)O)c1ccc(F)c(F)c1. The first kappa shape index (κ1) is 14.1. The number of carbonyl (C=O) groups excluding carboxylic acids is 1. The Morgan fingerprint density at radius 2 is 1.94 bits per heavy atom. The summed E-state index contributed by atoms with van der Waals surface area (Å²) in [4.78, 5) is 23.6. The molecule has 0 bridgehead atoms. The molecule has 0 saturated carbocycles. The quantitative estimate of drug-likeness (QED) is 0.897. The summed E-state index contributed by atoms with van der Waals surface area (Å²) in [5.74, 6) is -3.94. The molecular formula is C12H13F2NO3. The second kappa shape index (κ2) is 5.57. The summed E-state index contributed by atoms with van der Waals surface area (Å²) in [6, 6.07) is 1.47. The van der Waals surface area contributed by atoms with Crippen LogP contribution in [-0.2, 0) is 9.59 Å². The summed E-state index contributed by atoms with van der Waals surface area (Å²) in [5.41, 5.74) is 0.0263. The number of rotatable bonds is 4. The Bertz CT molecular complexity index is 476. The summed E-state index contributed by atoms with van der Waals surface area (Å²) in [6.45, 7) is 2.99. The predicted octanol–water partition coefficient (Wildman–Crippen LogP) is 1.96. The molecule has 1 N–H and O–H groups in total. The first-order valence-electron chi connectivity index (χ1n) is 5.33. The standard InChI is InChI=1S/C12H13F2NO3/c1-3-15(7(2)16)11(12(17)18)8-4-5-9(13)10(14)6-8/h4-6,11H,3H2,1-2H3,(H,17,18)/t11-/m0/s1. The maximum Gasteiger partial charge on any atom is 0.331 e. The average Bonchev–Trinajstić information content (AvgIpc) is 2.28. The maximum absolute atomic E-state index is 13.1. The van der Waals surface area contributed by atoms with Crippen LogP contribution in [0.1, 0.15) is 25.5 Å². The van der Waals surface area contributed by atoms with Crippen molar-refractivity contribution in [1.82, 2.24) is 4.90 Å². The van der Waals surface area contributed by atoms with Crippen LogP contribution in [0.15, 0.2) is 18.2 Å². The average molecular weight is 257 g/mol. The number of nitrogens with zero attached hydrogens (tertiary/aromatic N) is 1. The monoisotopic (exact) mass is 257 g/mol. The number of benzene rings is 1. The molecule has 0 aliphatic carbocycles. The van der Waals surface area contributed by atoms with Crippen LogP contribution < -0.4 is 0 Å². The molecule has 0 unspecified atom stereocenters. The number of carboxylic acid groups (broad SMARTS) is 1. The number of hydrogen-bond acceptors (Lipinski definition) is 2. The Balaban J connectivity index is 3.23. The molecule has 0 fully saturated rings. The van der Waals surface area contributed by atoms with Crippen LogP contribution in [0.4, 0.5) is 8.78 Å². The van der Waals surface area contributed by atoms with Crippen LogP contribution in [0, 0.1) is 11.6 Å². The summed E-state index contributed by atoms with van der Waals surface area (Å²) in [5, 5.41) is 9.13. The third kappa shape index (κ3) is 2.82. The molecule has 98 valence electrons. The van der Waals surface area contributed by atoms with Crippen LogP contribution >= 0.6 is 0 Å². The van der Waals surface area contributed by atoms with Crippen LogP contribution in [-0.4, -0.2) is 28.4 Å². The Kier molecular flexibility index (Phi) is 4.36. The van der Waals surface area contributed by atoms with Crippen molar-refractivity contribution < 1.29 is 23.5 Å². The smallest absolute Gasteiger partial charge is 0.331 e. The van der Waals surface area contributed by atoms with Crippen molar-refractivity contribution >= 4 is 11.9 Å². The first-order chi connectivity index (χ1) is 8.38. The highest BCUT2D eigenvalue weighted by Gasteiger charge is 2.28. The molecule has 0 radical (unpaired) electrons. The molecule has 0 heterocycles. The molecule has 4 nitrogen and oxygen atoms in total. The van der Waals surface area contributed by atoms with Gasteiger partial charge in [0.15, 0.2) is 17.7 Å². The van der Waals surface area contributed by atoms with Gasteiger partial charge in [0.25, 0.3) is 0 Å². The van der Waals surface area contributed by atoms with Gasteiger partial charge in [-0.2, -0.15) is 0 Å². The topological polar surface area (TPSA) is 57.6 Å². The van der Waals surface area contributed by atoms with Crippen LogP contribution in [0.3, 0.4) is 0 Å². The molecule has 0 spiro atoms. The van der Waals surface area contributed by atoms with Gasteiger partial charge in [0.05, 0.1) is 0 Å². The van der Waals surface area contributed by atoms with E-state index in [9.17, 15) is 18.4 Å². The molecule has 18 heavy (non-hydrogen) atoms. The second-order valence-corrected chi connectivity index (χ2v) is 3.72. The molecule has 1 rings (SSSR count). The first-order valence-corrected chi connectivity index (χ1v) is 5.33. The van der Waals surface area contributed by atoms with Crippen molar-refractivity contribution in [3.63, 3.8) is 0 Å². The molecule has 0 saturated heterocycles. The van der Waals surface area contributed by atoms with Gasteiger partial charge in [-0.05, 0) is 24.6 Å². The molecule has 0 aliphatic rings. The highest BCUT2D eigenvalue weighted by atomic mass is 19.2. The third-order valence-corrected chi connectivity index (χ3v) is 2.55. The number of carbonyl (C=O) groups is 2. The van der Waals surface area contributed by atoms with Gasteiger partial charge >= 0.3 is 5.97 Å². The van der Waals surface area contributed by atoms with Crippen molar-refractivity contribution in [1.29, 1.82) is 0 Å². The van der Waals surface area contributed by atoms with Gasteiger partial charge in [-0.1, -0.05) is 6.07 Å². The summed E-state index contributed by atoms with van der Waals surface area (Å²) in [7, 11) is 0. The van der Waals surface area contributed by atoms with E-state index in [-0.39, 0.29) is 12.1 Å². The molecule has 1 amide bonds. The van der Waals surface area contributed by atoms with E-state index < -0.39 is 29.6 Å². The number of hydrogen-bond donors (Lipinski definition) is 1. The fourth-order valence-electron chi connectivity index (χ4n) is 1.73. The van der Waals surface area contributed by atoms with Gasteiger partial charge < -0.3 is 10.0 Å². The van der Waals surface area contributed by atoms with Gasteiger partial charge in [-0.25, -0.2) is 13.6 Å². The van der Waals surface area contributed by atoms with Gasteiger partial charge in [-0.15, -0.1) is 0 Å². The summed E-state index contributed by atoms with van der Waals surface area (Å²) < 4.78 is 25.9. The highest BCUT2D eigenvalue weighted by Crippen LogP contribution is 2.23. The van der Waals surface area contributed by atoms with E-state index in [4.69, 9.17) is 5.11 Å². The lowest BCUT2D eigenvalue weighted by atomic mass is 10.0. The van der Waals surface area contributed by atoms with Gasteiger partial charge in [0, 0.05) is 13.5 Å². The Morgan fingerprint density at radius 3 is 2.33 bits per heavy atom. The zero-order chi connectivity index (χ0) is 13.9. The van der Waals surface area contributed by atoms with E-state index in [1.807, 2.05) is 0 Å². The number of amides is 1. The second-order valence-electron chi connectivity index (χ2n) is 3.72. The fourth-order valence-corrected chi connectivity index (χ4v) is 1.73. The van der Waals surface area contributed by atoms with Gasteiger partial charge in [-0.3, -0.25) is 4.79 Å². The largest absolute Gasteiger partial charge is 0.479 e. The van der Waals surface area contributed by atoms with E-state index in [2.05, 4.69) is 0 Å². The molecule has 0 aliphatic heterocycles. The van der Waals surface area contributed by atoms with Gasteiger partial charge in [0.1, 0.15) is 0 Å². The molecule has 1 aromatic carbocycles.